The lowest BCUT2D eigenvalue weighted by Gasteiger charge is -2.16. The molecule has 0 saturated carbocycles. The first-order valence-electron chi connectivity index (χ1n) is 8.11. The molecule has 0 aliphatic heterocycles. The van der Waals surface area contributed by atoms with Crippen LogP contribution in [0.3, 0.4) is 0 Å². The highest BCUT2D eigenvalue weighted by molar-refractivity contribution is 5.65. The number of aromatic nitrogens is 3. The van der Waals surface area contributed by atoms with Crippen molar-refractivity contribution in [3.8, 4) is 11.3 Å². The van der Waals surface area contributed by atoms with Crippen molar-refractivity contribution in [3.63, 3.8) is 0 Å². The van der Waals surface area contributed by atoms with Gasteiger partial charge in [-0.25, -0.2) is 9.37 Å². The quantitative estimate of drug-likeness (QED) is 0.588. The number of hydrogen-bond donors (Lipinski definition) is 1. The Hall–Kier alpha value is -3.21. The van der Waals surface area contributed by atoms with Crippen LogP contribution < -0.4 is 5.32 Å². The Morgan fingerprint density at radius 1 is 1.08 bits per heavy atom. The number of imidazole rings is 1. The minimum Gasteiger partial charge on any atom is -0.378 e. The van der Waals surface area contributed by atoms with Crippen LogP contribution in [0.1, 0.15) is 18.5 Å². The third-order valence-corrected chi connectivity index (χ3v) is 4.20. The van der Waals surface area contributed by atoms with Crippen LogP contribution in [-0.4, -0.2) is 14.4 Å². The zero-order chi connectivity index (χ0) is 17.2. The van der Waals surface area contributed by atoms with Crippen LogP contribution in [0.2, 0.25) is 0 Å². The van der Waals surface area contributed by atoms with E-state index in [0.29, 0.717) is 5.56 Å². The minimum atomic E-state index is -0.302. The van der Waals surface area contributed by atoms with Gasteiger partial charge >= 0.3 is 0 Å². The highest BCUT2D eigenvalue weighted by atomic mass is 19.1. The number of halogens is 1. The number of nitrogens with one attached hydrogen (secondary N) is 1. The molecular formula is C20H17FN4. The molecule has 3 heterocycles. The molecule has 0 bridgehead atoms. The Kier molecular flexibility index (Phi) is 3.90. The zero-order valence-corrected chi connectivity index (χ0v) is 13.7. The summed E-state index contributed by atoms with van der Waals surface area (Å²) in [7, 11) is 0. The van der Waals surface area contributed by atoms with E-state index < -0.39 is 0 Å². The number of benzene rings is 1. The SMILES string of the molecule is CC(Nc1ccc(-c2cn3ccccc3n2)cc1)c1ccncc1F. The summed E-state index contributed by atoms with van der Waals surface area (Å²) in [5.41, 5.74) is 4.40. The van der Waals surface area contributed by atoms with Crippen LogP contribution in [0.5, 0.6) is 0 Å². The summed E-state index contributed by atoms with van der Waals surface area (Å²) >= 11 is 0. The molecule has 0 amide bonds. The largest absolute Gasteiger partial charge is 0.378 e. The first-order valence-corrected chi connectivity index (χ1v) is 8.11. The Morgan fingerprint density at radius 3 is 2.68 bits per heavy atom. The summed E-state index contributed by atoms with van der Waals surface area (Å²) in [4.78, 5) is 8.40. The number of nitrogens with zero attached hydrogens (tertiary/aromatic N) is 3. The molecule has 0 saturated heterocycles. The number of rotatable bonds is 4. The van der Waals surface area contributed by atoms with Crippen molar-refractivity contribution in [2.75, 3.05) is 5.32 Å². The molecule has 0 aliphatic rings. The summed E-state index contributed by atoms with van der Waals surface area (Å²) in [5.74, 6) is -0.302. The number of hydrogen-bond acceptors (Lipinski definition) is 3. The molecule has 1 atom stereocenters. The van der Waals surface area contributed by atoms with Gasteiger partial charge in [-0.3, -0.25) is 4.98 Å². The molecule has 25 heavy (non-hydrogen) atoms. The van der Waals surface area contributed by atoms with Crippen molar-refractivity contribution in [1.82, 2.24) is 14.4 Å². The molecule has 4 aromatic rings. The van der Waals surface area contributed by atoms with Gasteiger partial charge < -0.3 is 9.72 Å². The van der Waals surface area contributed by atoms with Gasteiger partial charge in [-0.1, -0.05) is 18.2 Å². The second kappa shape index (κ2) is 6.36. The molecule has 4 nitrogen and oxygen atoms in total. The van der Waals surface area contributed by atoms with Crippen molar-refractivity contribution in [2.45, 2.75) is 13.0 Å². The standard InChI is InChI=1S/C20H17FN4/c1-14(17-9-10-22-12-18(17)21)23-16-7-5-15(6-8-16)19-13-25-11-3-2-4-20(25)24-19/h2-14,23H,1H3. The summed E-state index contributed by atoms with van der Waals surface area (Å²) in [6.45, 7) is 1.93. The van der Waals surface area contributed by atoms with Crippen molar-refractivity contribution in [2.24, 2.45) is 0 Å². The fourth-order valence-electron chi connectivity index (χ4n) is 2.88. The normalized spacial score (nSPS) is 12.2. The second-order valence-electron chi connectivity index (χ2n) is 5.93. The highest BCUT2D eigenvalue weighted by Gasteiger charge is 2.11. The van der Waals surface area contributed by atoms with E-state index in [2.05, 4.69) is 15.3 Å². The van der Waals surface area contributed by atoms with Gasteiger partial charge in [0.2, 0.25) is 0 Å². The van der Waals surface area contributed by atoms with E-state index in [9.17, 15) is 4.39 Å². The van der Waals surface area contributed by atoms with Gasteiger partial charge in [0.05, 0.1) is 17.9 Å². The van der Waals surface area contributed by atoms with Gasteiger partial charge in [0.1, 0.15) is 11.5 Å². The Bertz CT molecular complexity index is 975. The van der Waals surface area contributed by atoms with E-state index in [1.165, 1.54) is 6.20 Å². The monoisotopic (exact) mass is 332 g/mol. The molecule has 1 aromatic carbocycles. The van der Waals surface area contributed by atoms with Gasteiger partial charge in [-0.05, 0) is 37.3 Å². The third kappa shape index (κ3) is 3.08. The third-order valence-electron chi connectivity index (χ3n) is 4.20. The summed E-state index contributed by atoms with van der Waals surface area (Å²) in [5, 5.41) is 3.31. The number of anilines is 1. The van der Waals surface area contributed by atoms with Crippen LogP contribution in [0, 0.1) is 5.82 Å². The molecule has 5 heteroatoms. The molecule has 1 unspecified atom stereocenters. The van der Waals surface area contributed by atoms with Gasteiger partial charge in [0, 0.05) is 35.4 Å². The summed E-state index contributed by atoms with van der Waals surface area (Å²) in [6.07, 6.45) is 6.82. The molecule has 0 spiro atoms. The van der Waals surface area contributed by atoms with E-state index in [1.54, 1.807) is 12.3 Å². The Balaban J connectivity index is 1.55. The van der Waals surface area contributed by atoms with Gasteiger partial charge in [-0.15, -0.1) is 0 Å². The van der Waals surface area contributed by atoms with E-state index in [0.717, 1.165) is 22.6 Å². The van der Waals surface area contributed by atoms with Gasteiger partial charge in [0.15, 0.2) is 0 Å². The minimum absolute atomic E-state index is 0.149. The molecule has 0 fully saturated rings. The molecule has 1 N–H and O–H groups in total. The Morgan fingerprint density at radius 2 is 1.92 bits per heavy atom. The van der Waals surface area contributed by atoms with Crippen LogP contribution in [0.4, 0.5) is 10.1 Å². The lowest BCUT2D eigenvalue weighted by molar-refractivity contribution is 0.594. The molecule has 4 rings (SSSR count). The average Bonchev–Trinajstić information content (AvgIpc) is 3.07. The van der Waals surface area contributed by atoms with Crippen LogP contribution in [0.25, 0.3) is 16.9 Å². The fourth-order valence-corrected chi connectivity index (χ4v) is 2.88. The molecule has 3 aromatic heterocycles. The van der Waals surface area contributed by atoms with Crippen LogP contribution in [-0.2, 0) is 0 Å². The predicted octanol–water partition coefficient (Wildman–Crippen LogP) is 4.71. The molecule has 0 aliphatic carbocycles. The van der Waals surface area contributed by atoms with Gasteiger partial charge in [-0.2, -0.15) is 0 Å². The maximum absolute atomic E-state index is 13.8. The molecule has 0 radical (unpaired) electrons. The van der Waals surface area contributed by atoms with E-state index in [4.69, 9.17) is 0 Å². The van der Waals surface area contributed by atoms with Crippen molar-refractivity contribution >= 4 is 11.3 Å². The smallest absolute Gasteiger partial charge is 0.146 e. The molecule has 124 valence electrons. The van der Waals surface area contributed by atoms with E-state index in [1.807, 2.05) is 66.2 Å². The number of fused-ring (bicyclic) bond motifs is 1. The zero-order valence-electron chi connectivity index (χ0n) is 13.7. The van der Waals surface area contributed by atoms with Crippen molar-refractivity contribution in [1.29, 1.82) is 0 Å². The summed E-state index contributed by atoms with van der Waals surface area (Å²) < 4.78 is 15.8. The second-order valence-corrected chi connectivity index (χ2v) is 5.93. The summed E-state index contributed by atoms with van der Waals surface area (Å²) in [6, 6.07) is 15.5. The van der Waals surface area contributed by atoms with Crippen LogP contribution in [0.15, 0.2) is 73.3 Å². The van der Waals surface area contributed by atoms with Gasteiger partial charge in [0.25, 0.3) is 0 Å². The lowest BCUT2D eigenvalue weighted by atomic mass is 10.1. The van der Waals surface area contributed by atoms with Crippen molar-refractivity contribution in [3.05, 3.63) is 84.7 Å². The van der Waals surface area contributed by atoms with E-state index >= 15 is 0 Å². The molecular weight excluding hydrogens is 315 g/mol. The first kappa shape index (κ1) is 15.3. The first-order chi connectivity index (χ1) is 12.2. The average molecular weight is 332 g/mol. The topological polar surface area (TPSA) is 42.2 Å². The maximum atomic E-state index is 13.8. The van der Waals surface area contributed by atoms with E-state index in [-0.39, 0.29) is 11.9 Å². The fraction of sp³-hybridized carbons (Fsp3) is 0.100. The van der Waals surface area contributed by atoms with Crippen LogP contribution >= 0.6 is 0 Å². The number of pyridine rings is 2. The predicted molar refractivity (Wildman–Crippen MR) is 96.9 cm³/mol. The Labute approximate surface area is 145 Å². The highest BCUT2D eigenvalue weighted by Crippen LogP contribution is 2.24. The lowest BCUT2D eigenvalue weighted by Crippen LogP contribution is -2.08. The maximum Gasteiger partial charge on any atom is 0.146 e. The van der Waals surface area contributed by atoms with Crippen molar-refractivity contribution < 1.29 is 4.39 Å².